The van der Waals surface area contributed by atoms with Crippen LogP contribution in [-0.2, 0) is 12.8 Å². The van der Waals surface area contributed by atoms with Crippen LogP contribution in [0.25, 0.3) is 0 Å². The second-order valence-corrected chi connectivity index (χ2v) is 8.59. The Morgan fingerprint density at radius 2 is 1.86 bits per heavy atom. The average molecular weight is 392 g/mol. The summed E-state index contributed by atoms with van der Waals surface area (Å²) in [4.78, 5) is 2.51. The molecule has 0 bridgehead atoms. The van der Waals surface area contributed by atoms with Gasteiger partial charge in [-0.05, 0) is 79.6 Å². The normalized spacial score (nSPS) is 22.9. The van der Waals surface area contributed by atoms with Crippen LogP contribution in [-0.4, -0.2) is 45.5 Å². The van der Waals surface area contributed by atoms with E-state index in [4.69, 9.17) is 14.2 Å². The molecular formula is C24H28N2O3. The Kier molecular flexibility index (Phi) is 4.29. The molecule has 1 N–H and O–H groups in total. The first-order valence-electron chi connectivity index (χ1n) is 11.0. The van der Waals surface area contributed by atoms with Crippen molar-refractivity contribution >= 4 is 5.69 Å². The molecule has 1 aliphatic carbocycles. The summed E-state index contributed by atoms with van der Waals surface area (Å²) < 4.78 is 18.4. The van der Waals surface area contributed by atoms with E-state index in [1.165, 1.54) is 24.1 Å². The highest BCUT2D eigenvalue weighted by molar-refractivity contribution is 5.71. The lowest BCUT2D eigenvalue weighted by Gasteiger charge is -2.38. The molecule has 1 unspecified atom stereocenters. The molecule has 3 aliphatic heterocycles. The lowest BCUT2D eigenvalue weighted by molar-refractivity contribution is 0.0939. The fraction of sp³-hybridized carbons (Fsp3) is 0.500. The van der Waals surface area contributed by atoms with Crippen molar-refractivity contribution in [2.24, 2.45) is 0 Å². The van der Waals surface area contributed by atoms with Crippen LogP contribution in [0.5, 0.6) is 17.2 Å². The maximum atomic E-state index is 6.28. The second kappa shape index (κ2) is 7.13. The molecule has 29 heavy (non-hydrogen) atoms. The molecule has 2 aromatic rings. The van der Waals surface area contributed by atoms with Gasteiger partial charge in [0.25, 0.3) is 0 Å². The zero-order chi connectivity index (χ0) is 19.2. The summed E-state index contributed by atoms with van der Waals surface area (Å²) in [5.41, 5.74) is 5.97. The Morgan fingerprint density at radius 3 is 2.76 bits per heavy atom. The monoisotopic (exact) mass is 392 g/mol. The van der Waals surface area contributed by atoms with Gasteiger partial charge in [-0.15, -0.1) is 0 Å². The fourth-order valence-electron chi connectivity index (χ4n) is 5.05. The first kappa shape index (κ1) is 17.5. The van der Waals surface area contributed by atoms with E-state index in [9.17, 15) is 0 Å². The molecule has 0 aromatic heterocycles. The van der Waals surface area contributed by atoms with Crippen LogP contribution in [0.3, 0.4) is 0 Å². The molecule has 0 saturated heterocycles. The van der Waals surface area contributed by atoms with Crippen LogP contribution in [0.4, 0.5) is 5.69 Å². The molecule has 0 spiro atoms. The fourth-order valence-corrected chi connectivity index (χ4v) is 5.05. The van der Waals surface area contributed by atoms with Crippen LogP contribution >= 0.6 is 0 Å². The molecule has 152 valence electrons. The zero-order valence-electron chi connectivity index (χ0n) is 16.8. The molecule has 1 saturated carbocycles. The van der Waals surface area contributed by atoms with Gasteiger partial charge < -0.3 is 24.4 Å². The van der Waals surface area contributed by atoms with E-state index in [1.807, 2.05) is 24.3 Å². The number of ether oxygens (including phenoxy) is 3. The maximum Gasteiger partial charge on any atom is 0.161 e. The number of hydrogen-bond donors (Lipinski definition) is 1. The molecule has 5 nitrogen and oxygen atoms in total. The number of nitrogens with one attached hydrogen (secondary N) is 1. The molecule has 2 aromatic carbocycles. The zero-order valence-corrected chi connectivity index (χ0v) is 16.8. The Hall–Kier alpha value is -2.40. The summed E-state index contributed by atoms with van der Waals surface area (Å²) in [6.45, 7) is 5.21. The maximum absolute atomic E-state index is 6.28. The minimum absolute atomic E-state index is 0.0309. The number of rotatable bonds is 3. The summed E-state index contributed by atoms with van der Waals surface area (Å²) in [6, 6.07) is 10.3. The third-order valence-electron chi connectivity index (χ3n) is 6.54. The third-order valence-corrected chi connectivity index (χ3v) is 6.54. The van der Waals surface area contributed by atoms with Crippen LogP contribution in [0, 0.1) is 0 Å². The van der Waals surface area contributed by atoms with Crippen molar-refractivity contribution < 1.29 is 14.2 Å². The van der Waals surface area contributed by atoms with Crippen molar-refractivity contribution in [1.29, 1.82) is 0 Å². The van der Waals surface area contributed by atoms with Gasteiger partial charge in [0.05, 0.1) is 18.8 Å². The number of fused-ring (bicyclic) bond motifs is 3. The topological polar surface area (TPSA) is 43.0 Å². The quantitative estimate of drug-likeness (QED) is 0.868. The largest absolute Gasteiger partial charge is 0.490 e. The van der Waals surface area contributed by atoms with Crippen molar-refractivity contribution in [1.82, 2.24) is 5.32 Å². The van der Waals surface area contributed by atoms with Crippen LogP contribution in [0.2, 0.25) is 0 Å². The smallest absolute Gasteiger partial charge is 0.161 e. The summed E-state index contributed by atoms with van der Waals surface area (Å²) in [5, 5.41) is 3.57. The van der Waals surface area contributed by atoms with Gasteiger partial charge >= 0.3 is 0 Å². The van der Waals surface area contributed by atoms with Gasteiger partial charge in [-0.2, -0.15) is 0 Å². The Labute approximate surface area is 171 Å². The first-order chi connectivity index (χ1) is 14.4. The molecule has 1 atom stereocenters. The average Bonchev–Trinajstić information content (AvgIpc) is 3.60. The minimum atomic E-state index is 0.0309. The second-order valence-electron chi connectivity index (χ2n) is 8.59. The lowest BCUT2D eigenvalue weighted by Crippen LogP contribution is -2.44. The van der Waals surface area contributed by atoms with Gasteiger partial charge in [-0.1, -0.05) is 12.1 Å². The highest BCUT2D eigenvalue weighted by Gasteiger charge is 2.36. The van der Waals surface area contributed by atoms with Crippen molar-refractivity contribution in [3.05, 3.63) is 47.0 Å². The van der Waals surface area contributed by atoms with Crippen LogP contribution < -0.4 is 24.4 Å². The van der Waals surface area contributed by atoms with E-state index < -0.39 is 0 Å². The Balaban J connectivity index is 1.34. The number of para-hydroxylation sites is 2. The SMILES string of the molecule is c1ccc2c(c1)OCC(CN1CCOc3cc4c(c(C5CC5)c31)CCNCC4)O2. The van der Waals surface area contributed by atoms with Crippen molar-refractivity contribution in [2.75, 3.05) is 44.3 Å². The Bertz CT molecular complexity index is 925. The lowest BCUT2D eigenvalue weighted by atomic mass is 9.91. The van der Waals surface area contributed by atoms with Gasteiger partial charge in [-0.3, -0.25) is 0 Å². The summed E-state index contributed by atoms with van der Waals surface area (Å²) in [6.07, 6.45) is 4.87. The molecule has 0 radical (unpaired) electrons. The Morgan fingerprint density at radius 1 is 1.00 bits per heavy atom. The van der Waals surface area contributed by atoms with E-state index in [0.717, 1.165) is 62.9 Å². The van der Waals surface area contributed by atoms with E-state index in [1.54, 1.807) is 11.1 Å². The van der Waals surface area contributed by atoms with E-state index in [2.05, 4.69) is 16.3 Å². The van der Waals surface area contributed by atoms with E-state index in [-0.39, 0.29) is 6.10 Å². The molecule has 4 aliphatic rings. The van der Waals surface area contributed by atoms with Gasteiger partial charge in [0, 0.05) is 0 Å². The summed E-state index contributed by atoms with van der Waals surface area (Å²) in [5.74, 6) is 3.48. The molecule has 6 rings (SSSR count). The number of anilines is 1. The highest BCUT2D eigenvalue weighted by atomic mass is 16.6. The third kappa shape index (κ3) is 3.21. The number of nitrogens with zero attached hydrogens (tertiary/aromatic N) is 1. The number of hydrogen-bond acceptors (Lipinski definition) is 5. The van der Waals surface area contributed by atoms with Crippen LogP contribution in [0.1, 0.15) is 35.4 Å². The summed E-state index contributed by atoms with van der Waals surface area (Å²) >= 11 is 0. The van der Waals surface area contributed by atoms with Crippen LogP contribution in [0.15, 0.2) is 30.3 Å². The van der Waals surface area contributed by atoms with E-state index >= 15 is 0 Å². The molecule has 5 heteroatoms. The molecular weight excluding hydrogens is 364 g/mol. The standard InChI is InChI=1S/C24H28N2O3/c1-2-4-21-20(3-1)28-15-18(29-21)14-26-11-12-27-22-13-17-7-9-25-10-8-19(17)23(24(22)26)16-5-6-16/h1-4,13,16,18,25H,5-12,14-15H2. The van der Waals surface area contributed by atoms with Gasteiger partial charge in [0.2, 0.25) is 0 Å². The van der Waals surface area contributed by atoms with Crippen molar-refractivity contribution in [3.63, 3.8) is 0 Å². The van der Waals surface area contributed by atoms with Gasteiger partial charge in [0.1, 0.15) is 19.0 Å². The van der Waals surface area contributed by atoms with Crippen molar-refractivity contribution in [2.45, 2.75) is 37.7 Å². The predicted molar refractivity (Wildman–Crippen MR) is 113 cm³/mol. The van der Waals surface area contributed by atoms with Gasteiger partial charge in [0.15, 0.2) is 17.6 Å². The molecule has 0 amide bonds. The predicted octanol–water partition coefficient (Wildman–Crippen LogP) is 3.29. The van der Waals surface area contributed by atoms with Gasteiger partial charge in [-0.25, -0.2) is 0 Å². The summed E-state index contributed by atoms with van der Waals surface area (Å²) in [7, 11) is 0. The van der Waals surface area contributed by atoms with E-state index in [0.29, 0.717) is 12.5 Å². The highest BCUT2D eigenvalue weighted by Crippen LogP contribution is 2.51. The van der Waals surface area contributed by atoms with Crippen molar-refractivity contribution in [3.8, 4) is 17.2 Å². The minimum Gasteiger partial charge on any atom is -0.490 e. The molecule has 1 fully saturated rings. The number of benzene rings is 2. The molecule has 3 heterocycles. The first-order valence-corrected chi connectivity index (χ1v) is 11.0.